The third-order valence-electron chi connectivity index (χ3n) is 2.68. The lowest BCUT2D eigenvalue weighted by molar-refractivity contribution is -0.384. The number of hydrogen-bond donors (Lipinski definition) is 1. The van der Waals surface area contributed by atoms with Crippen LogP contribution in [-0.4, -0.2) is 38.9 Å². The summed E-state index contributed by atoms with van der Waals surface area (Å²) in [7, 11) is 4.49. The van der Waals surface area contributed by atoms with E-state index in [2.05, 4.69) is 5.32 Å². The summed E-state index contributed by atoms with van der Waals surface area (Å²) in [4.78, 5) is 10.6. The third kappa shape index (κ3) is 3.72. The van der Waals surface area contributed by atoms with E-state index >= 15 is 0 Å². The Morgan fingerprint density at radius 3 is 2.32 bits per heavy atom. The fourth-order valence-corrected chi connectivity index (χ4v) is 1.50. The van der Waals surface area contributed by atoms with Crippen LogP contribution in [0.15, 0.2) is 12.1 Å². The van der Waals surface area contributed by atoms with Crippen LogP contribution in [0.4, 0.5) is 11.4 Å². The lowest BCUT2D eigenvalue weighted by Crippen LogP contribution is -2.18. The molecule has 0 saturated carbocycles. The standard InChI is InChI=1S/C12H18N2O5/c1-8(17-2)7-13-9-5-11(18-3)12(19-4)6-10(9)14(15)16/h5-6,8,13H,7H2,1-4H3. The quantitative estimate of drug-likeness (QED) is 0.603. The van der Waals surface area contributed by atoms with Gasteiger partial charge in [0.1, 0.15) is 5.69 Å². The summed E-state index contributed by atoms with van der Waals surface area (Å²) >= 11 is 0. The zero-order valence-corrected chi connectivity index (χ0v) is 11.4. The average Bonchev–Trinajstić information content (AvgIpc) is 2.43. The van der Waals surface area contributed by atoms with Crippen molar-refractivity contribution in [2.24, 2.45) is 0 Å². The largest absolute Gasteiger partial charge is 0.493 e. The lowest BCUT2D eigenvalue weighted by Gasteiger charge is -2.14. The van der Waals surface area contributed by atoms with Crippen molar-refractivity contribution in [3.63, 3.8) is 0 Å². The van der Waals surface area contributed by atoms with E-state index in [0.29, 0.717) is 23.7 Å². The predicted octanol–water partition coefficient (Wildman–Crippen LogP) is 2.06. The van der Waals surface area contributed by atoms with E-state index in [-0.39, 0.29) is 11.8 Å². The number of nitrogens with one attached hydrogen (secondary N) is 1. The highest BCUT2D eigenvalue weighted by Gasteiger charge is 2.19. The van der Waals surface area contributed by atoms with Gasteiger partial charge < -0.3 is 19.5 Å². The van der Waals surface area contributed by atoms with Gasteiger partial charge in [-0.05, 0) is 6.92 Å². The molecule has 106 valence electrons. The van der Waals surface area contributed by atoms with Crippen molar-refractivity contribution in [3.8, 4) is 11.5 Å². The number of nitrogens with zero attached hydrogens (tertiary/aromatic N) is 1. The first-order valence-corrected chi connectivity index (χ1v) is 5.70. The van der Waals surface area contributed by atoms with Gasteiger partial charge in [0, 0.05) is 19.7 Å². The Morgan fingerprint density at radius 1 is 1.26 bits per heavy atom. The Balaban J connectivity index is 3.09. The maximum atomic E-state index is 11.0. The molecule has 1 unspecified atom stereocenters. The Hall–Kier alpha value is -2.02. The SMILES string of the molecule is COc1cc(NCC(C)OC)c([N+](=O)[O-])cc1OC. The Labute approximate surface area is 111 Å². The molecule has 0 radical (unpaired) electrons. The van der Waals surface area contributed by atoms with Crippen molar-refractivity contribution in [1.29, 1.82) is 0 Å². The molecular weight excluding hydrogens is 252 g/mol. The molecule has 0 bridgehead atoms. The summed E-state index contributed by atoms with van der Waals surface area (Å²) in [5.74, 6) is 0.750. The number of nitro benzene ring substituents is 1. The highest BCUT2D eigenvalue weighted by Crippen LogP contribution is 2.37. The molecule has 0 fully saturated rings. The van der Waals surface area contributed by atoms with E-state index in [4.69, 9.17) is 14.2 Å². The molecule has 7 nitrogen and oxygen atoms in total. The number of ether oxygens (including phenoxy) is 3. The molecule has 0 amide bonds. The number of hydrogen-bond acceptors (Lipinski definition) is 6. The van der Waals surface area contributed by atoms with Crippen molar-refractivity contribution in [1.82, 2.24) is 0 Å². The van der Waals surface area contributed by atoms with Crippen LogP contribution in [0.1, 0.15) is 6.92 Å². The maximum absolute atomic E-state index is 11.0. The number of nitro groups is 1. The summed E-state index contributed by atoms with van der Waals surface area (Å²) in [6, 6.07) is 2.87. The molecule has 19 heavy (non-hydrogen) atoms. The van der Waals surface area contributed by atoms with Gasteiger partial charge in [0.15, 0.2) is 11.5 Å². The van der Waals surface area contributed by atoms with Gasteiger partial charge in [-0.15, -0.1) is 0 Å². The predicted molar refractivity (Wildman–Crippen MR) is 71.2 cm³/mol. The summed E-state index contributed by atoms with van der Waals surface area (Å²) in [5, 5.41) is 14.0. The zero-order valence-electron chi connectivity index (χ0n) is 11.4. The van der Waals surface area contributed by atoms with Crippen LogP contribution in [0, 0.1) is 10.1 Å². The highest BCUT2D eigenvalue weighted by molar-refractivity contribution is 5.68. The van der Waals surface area contributed by atoms with Crippen molar-refractivity contribution in [2.75, 3.05) is 33.2 Å². The van der Waals surface area contributed by atoms with Gasteiger partial charge in [-0.3, -0.25) is 10.1 Å². The van der Waals surface area contributed by atoms with Crippen LogP contribution >= 0.6 is 0 Å². The lowest BCUT2D eigenvalue weighted by atomic mass is 10.2. The molecule has 7 heteroatoms. The summed E-state index contributed by atoms with van der Waals surface area (Å²) < 4.78 is 15.3. The van der Waals surface area contributed by atoms with Gasteiger partial charge >= 0.3 is 0 Å². The van der Waals surface area contributed by atoms with Crippen molar-refractivity contribution < 1.29 is 19.1 Å². The molecule has 0 aliphatic heterocycles. The van der Waals surface area contributed by atoms with Crippen LogP contribution in [0.5, 0.6) is 11.5 Å². The van der Waals surface area contributed by atoms with Gasteiger partial charge in [0.2, 0.25) is 0 Å². The van der Waals surface area contributed by atoms with Gasteiger partial charge in [-0.1, -0.05) is 0 Å². The van der Waals surface area contributed by atoms with E-state index in [1.807, 2.05) is 6.92 Å². The molecule has 0 aliphatic rings. The van der Waals surface area contributed by atoms with E-state index in [0.717, 1.165) is 0 Å². The minimum Gasteiger partial charge on any atom is -0.493 e. The maximum Gasteiger partial charge on any atom is 0.296 e. The van der Waals surface area contributed by atoms with E-state index in [1.54, 1.807) is 13.2 Å². The fourth-order valence-electron chi connectivity index (χ4n) is 1.50. The summed E-state index contributed by atoms with van der Waals surface area (Å²) in [6.07, 6.45) is -0.0623. The second-order valence-corrected chi connectivity index (χ2v) is 3.91. The summed E-state index contributed by atoms with van der Waals surface area (Å²) in [5.41, 5.74) is 0.299. The molecule has 0 aliphatic carbocycles. The molecule has 1 atom stereocenters. The van der Waals surface area contributed by atoms with Gasteiger partial charge in [-0.25, -0.2) is 0 Å². The van der Waals surface area contributed by atoms with E-state index in [9.17, 15) is 10.1 Å². The van der Waals surface area contributed by atoms with Crippen LogP contribution in [0.25, 0.3) is 0 Å². The first-order chi connectivity index (χ1) is 9.03. The van der Waals surface area contributed by atoms with Crippen molar-refractivity contribution in [2.45, 2.75) is 13.0 Å². The second-order valence-electron chi connectivity index (χ2n) is 3.91. The zero-order chi connectivity index (χ0) is 14.4. The normalized spacial score (nSPS) is 11.8. The number of anilines is 1. The average molecular weight is 270 g/mol. The van der Waals surface area contributed by atoms with Gasteiger partial charge in [-0.2, -0.15) is 0 Å². The van der Waals surface area contributed by atoms with Crippen LogP contribution < -0.4 is 14.8 Å². The van der Waals surface area contributed by atoms with Crippen LogP contribution in [-0.2, 0) is 4.74 Å². The Kier molecular flexibility index (Phi) is 5.37. The monoisotopic (exact) mass is 270 g/mol. The van der Waals surface area contributed by atoms with Crippen LogP contribution in [0.2, 0.25) is 0 Å². The number of methoxy groups -OCH3 is 3. The number of rotatable bonds is 7. The van der Waals surface area contributed by atoms with Crippen LogP contribution in [0.3, 0.4) is 0 Å². The minimum absolute atomic E-state index is 0.0623. The fraction of sp³-hybridized carbons (Fsp3) is 0.500. The van der Waals surface area contributed by atoms with Crippen molar-refractivity contribution >= 4 is 11.4 Å². The topological polar surface area (TPSA) is 82.9 Å². The minimum atomic E-state index is -0.470. The number of benzene rings is 1. The molecule has 1 aromatic rings. The summed E-state index contributed by atoms with van der Waals surface area (Å²) in [6.45, 7) is 2.31. The first kappa shape index (κ1) is 15.0. The molecule has 0 spiro atoms. The smallest absolute Gasteiger partial charge is 0.296 e. The van der Waals surface area contributed by atoms with Crippen molar-refractivity contribution in [3.05, 3.63) is 22.2 Å². The molecular formula is C12H18N2O5. The third-order valence-corrected chi connectivity index (χ3v) is 2.68. The highest BCUT2D eigenvalue weighted by atomic mass is 16.6. The van der Waals surface area contributed by atoms with Gasteiger partial charge in [0.05, 0.1) is 31.3 Å². The van der Waals surface area contributed by atoms with Gasteiger partial charge in [0.25, 0.3) is 5.69 Å². The van der Waals surface area contributed by atoms with E-state index < -0.39 is 4.92 Å². The second kappa shape index (κ2) is 6.79. The first-order valence-electron chi connectivity index (χ1n) is 5.70. The Bertz CT molecular complexity index is 450. The van der Waals surface area contributed by atoms with E-state index in [1.165, 1.54) is 20.3 Å². The molecule has 0 saturated heterocycles. The molecule has 1 rings (SSSR count). The molecule has 0 heterocycles. The Morgan fingerprint density at radius 2 is 1.84 bits per heavy atom. The molecule has 1 N–H and O–H groups in total. The molecule has 1 aromatic carbocycles. The molecule has 0 aromatic heterocycles.